The molecule has 0 amide bonds. The van der Waals surface area contributed by atoms with Crippen LogP contribution in [0.4, 0.5) is 0 Å². The van der Waals surface area contributed by atoms with Crippen LogP contribution in [-0.4, -0.2) is 34.7 Å². The van der Waals surface area contributed by atoms with Gasteiger partial charge >= 0.3 is 29.6 Å². The molecule has 0 aliphatic rings. The molecule has 0 spiro atoms. The third-order valence-corrected chi connectivity index (χ3v) is 0.859. The number of carboxylic acids is 1. The SMILES string of the molecule is O=C([O-])C(=O)CC(O)CO.[Na+]. The smallest absolute Gasteiger partial charge is 0.542 e. The van der Waals surface area contributed by atoms with E-state index in [1.807, 2.05) is 0 Å². The molecule has 0 saturated carbocycles. The summed E-state index contributed by atoms with van der Waals surface area (Å²) in [6.07, 6.45) is -1.90. The van der Waals surface area contributed by atoms with E-state index in [0.29, 0.717) is 0 Å². The Morgan fingerprint density at radius 2 is 1.91 bits per heavy atom. The van der Waals surface area contributed by atoms with Crippen molar-refractivity contribution in [3.05, 3.63) is 0 Å². The zero-order chi connectivity index (χ0) is 8.15. The largest absolute Gasteiger partial charge is 1.00 e. The molecule has 11 heavy (non-hydrogen) atoms. The average Bonchev–Trinajstić information content (AvgIpc) is 1.87. The molecule has 1 atom stereocenters. The fourth-order valence-corrected chi connectivity index (χ4v) is 0.362. The summed E-state index contributed by atoms with van der Waals surface area (Å²) in [5, 5.41) is 26.4. The van der Waals surface area contributed by atoms with Crippen molar-refractivity contribution in [2.45, 2.75) is 12.5 Å². The molecule has 0 aromatic carbocycles. The molecular weight excluding hydrogens is 163 g/mol. The van der Waals surface area contributed by atoms with Gasteiger partial charge in [0, 0.05) is 6.42 Å². The van der Waals surface area contributed by atoms with E-state index < -0.39 is 30.9 Å². The number of carbonyl (C=O) groups is 2. The van der Waals surface area contributed by atoms with E-state index in [-0.39, 0.29) is 29.6 Å². The van der Waals surface area contributed by atoms with E-state index in [0.717, 1.165) is 0 Å². The summed E-state index contributed by atoms with van der Waals surface area (Å²) in [5.41, 5.74) is 0. The van der Waals surface area contributed by atoms with Gasteiger partial charge in [-0.2, -0.15) is 0 Å². The van der Waals surface area contributed by atoms with Gasteiger partial charge in [-0.05, 0) is 0 Å². The summed E-state index contributed by atoms with van der Waals surface area (Å²) in [6, 6.07) is 0. The average molecular weight is 170 g/mol. The Balaban J connectivity index is 0. The zero-order valence-corrected chi connectivity index (χ0v) is 8.11. The van der Waals surface area contributed by atoms with Crippen molar-refractivity contribution >= 4 is 11.8 Å². The molecule has 2 N–H and O–H groups in total. The van der Waals surface area contributed by atoms with Crippen molar-refractivity contribution in [1.82, 2.24) is 0 Å². The van der Waals surface area contributed by atoms with Gasteiger partial charge in [0.25, 0.3) is 0 Å². The van der Waals surface area contributed by atoms with E-state index in [9.17, 15) is 14.7 Å². The molecule has 0 saturated heterocycles. The summed E-state index contributed by atoms with van der Waals surface area (Å²) in [7, 11) is 0. The normalized spacial score (nSPS) is 11.5. The molecule has 0 heterocycles. The van der Waals surface area contributed by atoms with Gasteiger partial charge in [0.1, 0.15) is 5.97 Å². The van der Waals surface area contributed by atoms with Gasteiger partial charge < -0.3 is 20.1 Å². The molecule has 58 valence electrons. The first-order valence-corrected chi connectivity index (χ1v) is 2.61. The van der Waals surface area contributed by atoms with Crippen molar-refractivity contribution in [2.24, 2.45) is 0 Å². The van der Waals surface area contributed by atoms with Crippen molar-refractivity contribution in [2.75, 3.05) is 6.61 Å². The van der Waals surface area contributed by atoms with Gasteiger partial charge in [-0.1, -0.05) is 0 Å². The third-order valence-electron chi connectivity index (χ3n) is 0.859. The predicted octanol–water partition coefficient (Wildman–Crippen LogP) is -5.95. The Kier molecular flexibility index (Phi) is 8.37. The summed E-state index contributed by atoms with van der Waals surface area (Å²) in [5.74, 6) is -3.05. The van der Waals surface area contributed by atoms with Gasteiger partial charge in [0.2, 0.25) is 0 Å². The molecule has 6 heteroatoms. The number of hydrogen-bond donors (Lipinski definition) is 2. The number of aliphatic hydroxyl groups is 2. The Hall–Kier alpha value is 0.0600. The molecule has 0 fully saturated rings. The first-order chi connectivity index (χ1) is 4.57. The number of aliphatic hydroxyl groups excluding tert-OH is 2. The second-order valence-corrected chi connectivity index (χ2v) is 1.75. The van der Waals surface area contributed by atoms with Crippen LogP contribution in [-0.2, 0) is 9.59 Å². The van der Waals surface area contributed by atoms with Gasteiger partial charge in [-0.3, -0.25) is 4.79 Å². The monoisotopic (exact) mass is 170 g/mol. The van der Waals surface area contributed by atoms with Crippen molar-refractivity contribution < 1.29 is 54.5 Å². The summed E-state index contributed by atoms with van der Waals surface area (Å²) in [4.78, 5) is 19.9. The number of hydrogen-bond acceptors (Lipinski definition) is 5. The predicted molar refractivity (Wildman–Crippen MR) is 27.7 cm³/mol. The molecule has 1 unspecified atom stereocenters. The molecular formula is C5H7NaO5. The van der Waals surface area contributed by atoms with Crippen LogP contribution in [0.3, 0.4) is 0 Å². The second-order valence-electron chi connectivity index (χ2n) is 1.75. The molecule has 5 nitrogen and oxygen atoms in total. The Morgan fingerprint density at radius 1 is 1.45 bits per heavy atom. The molecule has 0 aliphatic heterocycles. The summed E-state index contributed by atoms with van der Waals surface area (Å²) >= 11 is 0. The van der Waals surface area contributed by atoms with Gasteiger partial charge in [-0.15, -0.1) is 0 Å². The molecule has 0 aromatic rings. The van der Waals surface area contributed by atoms with Crippen molar-refractivity contribution in [3.63, 3.8) is 0 Å². The number of carbonyl (C=O) groups excluding carboxylic acids is 2. The van der Waals surface area contributed by atoms with E-state index in [2.05, 4.69) is 0 Å². The summed E-state index contributed by atoms with van der Waals surface area (Å²) < 4.78 is 0. The van der Waals surface area contributed by atoms with Crippen LogP contribution < -0.4 is 34.7 Å². The maximum absolute atomic E-state index is 10.2. The molecule has 0 aromatic heterocycles. The first-order valence-electron chi connectivity index (χ1n) is 2.61. The van der Waals surface area contributed by atoms with Crippen LogP contribution in [0.2, 0.25) is 0 Å². The Bertz CT molecular complexity index is 146. The van der Waals surface area contributed by atoms with Gasteiger partial charge in [0.15, 0.2) is 5.78 Å². The van der Waals surface area contributed by atoms with Gasteiger partial charge in [0.05, 0.1) is 12.7 Å². The fourth-order valence-electron chi connectivity index (χ4n) is 0.362. The Morgan fingerprint density at radius 3 is 2.18 bits per heavy atom. The summed E-state index contributed by atoms with van der Waals surface area (Å²) in [6.45, 7) is -0.626. The maximum atomic E-state index is 10.2. The second kappa shape index (κ2) is 6.75. The van der Waals surface area contributed by atoms with Gasteiger partial charge in [-0.25, -0.2) is 0 Å². The van der Waals surface area contributed by atoms with Crippen LogP contribution in [0.5, 0.6) is 0 Å². The number of Topliss-reactive ketones (excluding diaryl/α,β-unsaturated/α-hetero) is 1. The fraction of sp³-hybridized carbons (Fsp3) is 0.600. The number of aliphatic carboxylic acids is 1. The molecule has 0 radical (unpaired) electrons. The van der Waals surface area contributed by atoms with Crippen LogP contribution in [0.1, 0.15) is 6.42 Å². The number of carboxylic acid groups (broad SMARTS) is 1. The van der Waals surface area contributed by atoms with E-state index in [1.165, 1.54) is 0 Å². The minimum Gasteiger partial charge on any atom is -0.542 e. The number of ketones is 1. The first kappa shape index (κ1) is 13.6. The third kappa shape index (κ3) is 6.46. The Labute approximate surface area is 85.3 Å². The van der Waals surface area contributed by atoms with Crippen molar-refractivity contribution in [3.8, 4) is 0 Å². The van der Waals surface area contributed by atoms with Crippen LogP contribution >= 0.6 is 0 Å². The van der Waals surface area contributed by atoms with Crippen LogP contribution in [0.25, 0.3) is 0 Å². The minimum atomic E-state index is -1.84. The molecule has 0 aliphatic carbocycles. The quantitative estimate of drug-likeness (QED) is 0.323. The van der Waals surface area contributed by atoms with Crippen LogP contribution in [0.15, 0.2) is 0 Å². The topological polar surface area (TPSA) is 97.7 Å². The zero-order valence-electron chi connectivity index (χ0n) is 6.11. The number of rotatable bonds is 4. The van der Waals surface area contributed by atoms with E-state index >= 15 is 0 Å². The minimum absolute atomic E-state index is 0. The maximum Gasteiger partial charge on any atom is 1.00 e. The van der Waals surface area contributed by atoms with Crippen molar-refractivity contribution in [1.29, 1.82) is 0 Å². The van der Waals surface area contributed by atoms with E-state index in [4.69, 9.17) is 10.2 Å². The molecule has 0 bridgehead atoms. The van der Waals surface area contributed by atoms with Crippen LogP contribution in [0, 0.1) is 0 Å². The standard InChI is InChI=1S/C5H8O5.Na/c6-2-3(7)1-4(8)5(9)10;/h3,6-7H,1-2H2,(H,9,10);/q;+1/p-1. The molecule has 0 rings (SSSR count). The van der Waals surface area contributed by atoms with E-state index in [1.54, 1.807) is 0 Å².